The van der Waals surface area contributed by atoms with E-state index in [1.54, 1.807) is 48.5 Å². The maximum Gasteiger partial charge on any atom is 0.261 e. The van der Waals surface area contributed by atoms with E-state index >= 15 is 0 Å². The maximum atomic E-state index is 12.3. The Balaban J connectivity index is 1.67. The Morgan fingerprint density at radius 2 is 1.50 bits per heavy atom. The smallest absolute Gasteiger partial charge is 0.261 e. The van der Waals surface area contributed by atoms with Crippen LogP contribution >= 0.6 is 0 Å². The van der Waals surface area contributed by atoms with Crippen LogP contribution in [-0.4, -0.2) is 35.2 Å². The zero-order valence-electron chi connectivity index (χ0n) is 12.9. The van der Waals surface area contributed by atoms with Gasteiger partial charge in [-0.1, -0.05) is 24.3 Å². The monoisotopic (exact) mass is 323 g/mol. The molecule has 24 heavy (non-hydrogen) atoms. The summed E-state index contributed by atoms with van der Waals surface area (Å²) in [7, 11) is 0. The third kappa shape index (κ3) is 2.91. The summed E-state index contributed by atoms with van der Waals surface area (Å²) in [4.78, 5) is 36.9. The number of carbonyl (C=O) groups is 3. The Labute approximate surface area is 139 Å². The average Bonchev–Trinajstić information content (AvgIpc) is 2.81. The van der Waals surface area contributed by atoms with Crippen LogP contribution in [-0.2, 0) is 6.42 Å². The number of nitrogens with two attached hydrogens (primary N) is 2. The SMILES string of the molecule is NC(=O)c1ccc(CC(N)CN2C(=O)c3ccccc3C2=O)cc1. The highest BCUT2D eigenvalue weighted by atomic mass is 16.2. The van der Waals surface area contributed by atoms with Gasteiger partial charge in [0.2, 0.25) is 5.91 Å². The number of nitrogens with zero attached hydrogens (tertiary/aromatic N) is 1. The molecule has 0 aromatic heterocycles. The summed E-state index contributed by atoms with van der Waals surface area (Å²) < 4.78 is 0. The van der Waals surface area contributed by atoms with Gasteiger partial charge in [0, 0.05) is 18.2 Å². The number of rotatable bonds is 5. The molecule has 1 aliphatic heterocycles. The molecule has 1 heterocycles. The summed E-state index contributed by atoms with van der Waals surface area (Å²) >= 11 is 0. The molecule has 2 aromatic carbocycles. The van der Waals surface area contributed by atoms with Gasteiger partial charge < -0.3 is 11.5 Å². The van der Waals surface area contributed by atoms with E-state index in [0.717, 1.165) is 5.56 Å². The Morgan fingerprint density at radius 1 is 0.958 bits per heavy atom. The van der Waals surface area contributed by atoms with Gasteiger partial charge in [0.15, 0.2) is 0 Å². The first kappa shape index (κ1) is 15.9. The molecular weight excluding hydrogens is 306 g/mol. The minimum atomic E-state index is -0.489. The molecule has 4 N–H and O–H groups in total. The minimum Gasteiger partial charge on any atom is -0.366 e. The average molecular weight is 323 g/mol. The van der Waals surface area contributed by atoms with Crippen molar-refractivity contribution in [3.8, 4) is 0 Å². The fraction of sp³-hybridized carbons (Fsp3) is 0.167. The van der Waals surface area contributed by atoms with Crippen LogP contribution in [0, 0.1) is 0 Å². The van der Waals surface area contributed by atoms with Crippen LogP contribution in [0.3, 0.4) is 0 Å². The molecule has 0 saturated carbocycles. The van der Waals surface area contributed by atoms with Crippen LogP contribution in [0.4, 0.5) is 0 Å². The molecule has 6 heteroatoms. The molecule has 0 aliphatic carbocycles. The lowest BCUT2D eigenvalue weighted by Crippen LogP contribution is -2.41. The zero-order chi connectivity index (χ0) is 17.3. The van der Waals surface area contributed by atoms with Crippen molar-refractivity contribution in [2.24, 2.45) is 11.5 Å². The predicted molar refractivity (Wildman–Crippen MR) is 88.4 cm³/mol. The van der Waals surface area contributed by atoms with Crippen molar-refractivity contribution in [1.29, 1.82) is 0 Å². The first-order valence-corrected chi connectivity index (χ1v) is 7.57. The van der Waals surface area contributed by atoms with Crippen LogP contribution < -0.4 is 11.5 Å². The van der Waals surface area contributed by atoms with Gasteiger partial charge >= 0.3 is 0 Å². The highest BCUT2D eigenvalue weighted by Gasteiger charge is 2.35. The third-order valence-electron chi connectivity index (χ3n) is 4.03. The summed E-state index contributed by atoms with van der Waals surface area (Å²) in [6.45, 7) is 0.143. The molecular formula is C18H17N3O3. The van der Waals surface area contributed by atoms with Crippen molar-refractivity contribution in [3.63, 3.8) is 0 Å². The standard InChI is InChI=1S/C18H17N3O3/c19-13(9-11-5-7-12(8-6-11)16(20)22)10-21-17(23)14-3-1-2-4-15(14)18(21)24/h1-8,13H,9-10,19H2,(H2,20,22). The summed E-state index contributed by atoms with van der Waals surface area (Å²) in [6.07, 6.45) is 0.479. The first-order chi connectivity index (χ1) is 11.5. The topological polar surface area (TPSA) is 106 Å². The number of hydrogen-bond acceptors (Lipinski definition) is 4. The van der Waals surface area contributed by atoms with Crippen LogP contribution in [0.2, 0.25) is 0 Å². The fourth-order valence-electron chi connectivity index (χ4n) is 2.81. The Morgan fingerprint density at radius 3 is 2.00 bits per heavy atom. The Hall–Kier alpha value is -2.99. The molecule has 1 atom stereocenters. The molecule has 1 unspecified atom stereocenters. The number of hydrogen-bond donors (Lipinski definition) is 2. The van der Waals surface area contributed by atoms with Crippen molar-refractivity contribution < 1.29 is 14.4 Å². The molecule has 3 rings (SSSR count). The van der Waals surface area contributed by atoms with Crippen LogP contribution in [0.15, 0.2) is 48.5 Å². The summed E-state index contributed by atoms with van der Waals surface area (Å²) in [5.74, 6) is -1.11. The summed E-state index contributed by atoms with van der Waals surface area (Å²) in [5, 5.41) is 0. The molecule has 122 valence electrons. The molecule has 0 radical (unpaired) electrons. The van der Waals surface area contributed by atoms with Crippen molar-refractivity contribution in [3.05, 3.63) is 70.8 Å². The van der Waals surface area contributed by atoms with E-state index in [9.17, 15) is 14.4 Å². The number of imide groups is 1. The van der Waals surface area contributed by atoms with E-state index in [-0.39, 0.29) is 18.4 Å². The van der Waals surface area contributed by atoms with Crippen molar-refractivity contribution in [2.45, 2.75) is 12.5 Å². The molecule has 0 saturated heterocycles. The number of amides is 3. The van der Waals surface area contributed by atoms with E-state index in [1.807, 2.05) is 0 Å². The van der Waals surface area contributed by atoms with Gasteiger partial charge in [0.05, 0.1) is 11.1 Å². The Kier molecular flexibility index (Phi) is 4.14. The van der Waals surface area contributed by atoms with E-state index in [4.69, 9.17) is 11.5 Å². The van der Waals surface area contributed by atoms with Crippen molar-refractivity contribution in [2.75, 3.05) is 6.54 Å². The van der Waals surface area contributed by atoms with Crippen LogP contribution in [0.5, 0.6) is 0 Å². The lowest BCUT2D eigenvalue weighted by Gasteiger charge is -2.19. The van der Waals surface area contributed by atoms with E-state index in [1.165, 1.54) is 4.90 Å². The van der Waals surface area contributed by atoms with Gasteiger partial charge in [-0.2, -0.15) is 0 Å². The van der Waals surface area contributed by atoms with Crippen LogP contribution in [0.25, 0.3) is 0 Å². The molecule has 2 aromatic rings. The first-order valence-electron chi connectivity index (χ1n) is 7.57. The molecule has 0 fully saturated rings. The predicted octanol–water partition coefficient (Wildman–Crippen LogP) is 0.952. The van der Waals surface area contributed by atoms with Crippen molar-refractivity contribution in [1.82, 2.24) is 4.90 Å². The third-order valence-corrected chi connectivity index (χ3v) is 4.03. The molecule has 1 aliphatic rings. The van der Waals surface area contributed by atoms with Crippen LogP contribution in [0.1, 0.15) is 36.6 Å². The number of fused-ring (bicyclic) bond motifs is 1. The highest BCUT2D eigenvalue weighted by molar-refractivity contribution is 6.21. The summed E-state index contributed by atoms with van der Waals surface area (Å²) in [6, 6.07) is 13.1. The zero-order valence-corrected chi connectivity index (χ0v) is 12.9. The van der Waals surface area contributed by atoms with Crippen molar-refractivity contribution >= 4 is 17.7 Å². The number of carbonyl (C=O) groups excluding carboxylic acids is 3. The molecule has 0 spiro atoms. The molecule has 6 nitrogen and oxygen atoms in total. The summed E-state index contributed by atoms with van der Waals surface area (Å²) in [5.41, 5.74) is 13.5. The number of benzene rings is 2. The second kappa shape index (κ2) is 6.25. The minimum absolute atomic E-state index is 0.143. The number of primary amides is 1. The second-order valence-corrected chi connectivity index (χ2v) is 5.79. The van der Waals surface area contributed by atoms with Gasteiger partial charge in [-0.3, -0.25) is 19.3 Å². The lowest BCUT2D eigenvalue weighted by atomic mass is 10.0. The largest absolute Gasteiger partial charge is 0.366 e. The highest BCUT2D eigenvalue weighted by Crippen LogP contribution is 2.22. The molecule has 0 bridgehead atoms. The van der Waals surface area contributed by atoms with Gasteiger partial charge in [-0.05, 0) is 36.2 Å². The van der Waals surface area contributed by atoms with E-state index in [0.29, 0.717) is 23.1 Å². The maximum absolute atomic E-state index is 12.3. The van der Waals surface area contributed by atoms with Gasteiger partial charge in [0.25, 0.3) is 11.8 Å². The van der Waals surface area contributed by atoms with Gasteiger partial charge in [0.1, 0.15) is 0 Å². The van der Waals surface area contributed by atoms with E-state index < -0.39 is 11.9 Å². The quantitative estimate of drug-likeness (QED) is 0.799. The van der Waals surface area contributed by atoms with Gasteiger partial charge in [-0.25, -0.2) is 0 Å². The fourth-order valence-corrected chi connectivity index (χ4v) is 2.81. The normalized spacial score (nSPS) is 14.6. The second-order valence-electron chi connectivity index (χ2n) is 5.79. The molecule has 3 amide bonds. The van der Waals surface area contributed by atoms with E-state index in [2.05, 4.69) is 0 Å². The Bertz CT molecular complexity index is 780. The lowest BCUT2D eigenvalue weighted by molar-refractivity contribution is 0.0644. The van der Waals surface area contributed by atoms with Gasteiger partial charge in [-0.15, -0.1) is 0 Å².